The number of benzene rings is 1. The molecular weight excluding hydrogens is 290 g/mol. The zero-order chi connectivity index (χ0) is 15.7. The van der Waals surface area contributed by atoms with E-state index in [1.54, 1.807) is 24.3 Å². The second-order valence-electron chi connectivity index (χ2n) is 4.16. The van der Waals surface area contributed by atoms with E-state index in [4.69, 9.17) is 11.0 Å². The van der Waals surface area contributed by atoms with Crippen LogP contribution in [0, 0.1) is 11.3 Å². The summed E-state index contributed by atoms with van der Waals surface area (Å²) in [6.45, 7) is 0. The van der Waals surface area contributed by atoms with Gasteiger partial charge in [-0.25, -0.2) is 0 Å². The van der Waals surface area contributed by atoms with Gasteiger partial charge in [-0.2, -0.15) is 17.0 Å². The third-order valence-electron chi connectivity index (χ3n) is 2.60. The summed E-state index contributed by atoms with van der Waals surface area (Å²) in [4.78, 5) is 22.8. The highest BCUT2D eigenvalue weighted by Crippen LogP contribution is 2.14. The molecule has 3 N–H and O–H groups in total. The van der Waals surface area contributed by atoms with Crippen LogP contribution in [0.15, 0.2) is 24.3 Å². The zero-order valence-electron chi connectivity index (χ0n) is 11.7. The molecule has 112 valence electrons. The highest BCUT2D eigenvalue weighted by molar-refractivity contribution is 7.99. The molecule has 0 bridgehead atoms. The maximum absolute atomic E-state index is 11.8. The molecular formula is C14H17N3O3S. The Morgan fingerprint density at radius 2 is 2.19 bits per heavy atom. The number of nitrogens with two attached hydrogens (primary N) is 1. The van der Waals surface area contributed by atoms with Gasteiger partial charge in [-0.3, -0.25) is 9.59 Å². The number of methoxy groups -OCH3 is 1. The Morgan fingerprint density at radius 3 is 2.86 bits per heavy atom. The predicted octanol–water partition coefficient (Wildman–Crippen LogP) is 1.12. The highest BCUT2D eigenvalue weighted by Gasteiger charge is 2.13. The topological polar surface area (TPSA) is 105 Å². The SMILES string of the molecule is COC(=O)C(N)CSCCC(=O)Nc1ccccc1C#N. The van der Waals surface area contributed by atoms with Gasteiger partial charge in [0.2, 0.25) is 5.91 Å². The molecule has 0 saturated carbocycles. The predicted molar refractivity (Wildman–Crippen MR) is 81.7 cm³/mol. The van der Waals surface area contributed by atoms with Crippen molar-refractivity contribution in [1.29, 1.82) is 5.26 Å². The van der Waals surface area contributed by atoms with Gasteiger partial charge in [0.15, 0.2) is 0 Å². The molecule has 1 unspecified atom stereocenters. The number of ether oxygens (including phenoxy) is 1. The summed E-state index contributed by atoms with van der Waals surface area (Å²) < 4.78 is 4.51. The van der Waals surface area contributed by atoms with Crippen LogP contribution in [0.25, 0.3) is 0 Å². The number of hydrogen-bond acceptors (Lipinski definition) is 6. The summed E-state index contributed by atoms with van der Waals surface area (Å²) in [5, 5.41) is 11.6. The Balaban J connectivity index is 2.32. The molecule has 6 nitrogen and oxygen atoms in total. The number of nitriles is 1. The van der Waals surface area contributed by atoms with Crippen molar-refractivity contribution < 1.29 is 14.3 Å². The average Bonchev–Trinajstić information content (AvgIpc) is 2.51. The van der Waals surface area contributed by atoms with E-state index in [9.17, 15) is 9.59 Å². The fraction of sp³-hybridized carbons (Fsp3) is 0.357. The van der Waals surface area contributed by atoms with Crippen molar-refractivity contribution in [3.63, 3.8) is 0 Å². The summed E-state index contributed by atoms with van der Waals surface area (Å²) in [5.41, 5.74) is 6.50. The van der Waals surface area contributed by atoms with Gasteiger partial charge in [0.25, 0.3) is 0 Å². The van der Waals surface area contributed by atoms with Crippen molar-refractivity contribution in [2.24, 2.45) is 5.73 Å². The standard InChI is InChI=1S/C14H17N3O3S/c1-20-14(19)11(16)9-21-7-6-13(18)17-12-5-3-2-4-10(12)8-15/h2-5,11H,6-7,9,16H2,1H3,(H,17,18). The van der Waals surface area contributed by atoms with Gasteiger partial charge >= 0.3 is 5.97 Å². The van der Waals surface area contributed by atoms with Crippen molar-refractivity contribution in [2.75, 3.05) is 23.9 Å². The third kappa shape index (κ3) is 5.85. The van der Waals surface area contributed by atoms with Crippen molar-refractivity contribution in [3.05, 3.63) is 29.8 Å². The summed E-state index contributed by atoms with van der Waals surface area (Å²) in [6.07, 6.45) is 0.276. The highest BCUT2D eigenvalue weighted by atomic mass is 32.2. The number of amides is 1. The van der Waals surface area contributed by atoms with E-state index in [0.29, 0.717) is 22.8 Å². The summed E-state index contributed by atoms with van der Waals surface area (Å²) in [6, 6.07) is 8.14. The third-order valence-corrected chi connectivity index (χ3v) is 3.68. The number of nitrogens with zero attached hydrogens (tertiary/aromatic N) is 1. The van der Waals surface area contributed by atoms with Crippen molar-refractivity contribution >= 4 is 29.3 Å². The van der Waals surface area contributed by atoms with Crippen molar-refractivity contribution in [1.82, 2.24) is 0 Å². The second-order valence-corrected chi connectivity index (χ2v) is 5.31. The first kappa shape index (κ1) is 17.0. The summed E-state index contributed by atoms with van der Waals surface area (Å²) in [7, 11) is 1.28. The molecule has 7 heteroatoms. The molecule has 21 heavy (non-hydrogen) atoms. The maximum Gasteiger partial charge on any atom is 0.323 e. The molecule has 1 atom stereocenters. The zero-order valence-corrected chi connectivity index (χ0v) is 12.5. The lowest BCUT2D eigenvalue weighted by Gasteiger charge is -2.09. The van der Waals surface area contributed by atoms with Gasteiger partial charge in [0.05, 0.1) is 18.4 Å². The summed E-state index contributed by atoms with van der Waals surface area (Å²) in [5.74, 6) is 0.284. The minimum Gasteiger partial charge on any atom is -0.468 e. The smallest absolute Gasteiger partial charge is 0.323 e. The van der Waals surface area contributed by atoms with Crippen molar-refractivity contribution in [3.8, 4) is 6.07 Å². The normalized spacial score (nSPS) is 11.3. The van der Waals surface area contributed by atoms with Crippen LogP contribution in [0.5, 0.6) is 0 Å². The van der Waals surface area contributed by atoms with Crippen LogP contribution >= 0.6 is 11.8 Å². The fourth-order valence-corrected chi connectivity index (χ4v) is 2.38. The lowest BCUT2D eigenvalue weighted by Crippen LogP contribution is -2.34. The van der Waals surface area contributed by atoms with Gasteiger partial charge in [-0.15, -0.1) is 0 Å². The Kier molecular flexibility index (Phi) is 7.29. The van der Waals surface area contributed by atoms with E-state index in [-0.39, 0.29) is 12.3 Å². The number of carbonyl (C=O) groups is 2. The number of anilines is 1. The lowest BCUT2D eigenvalue weighted by atomic mass is 10.2. The Hall–Kier alpha value is -2.04. The minimum atomic E-state index is -0.678. The Morgan fingerprint density at radius 1 is 1.48 bits per heavy atom. The van der Waals surface area contributed by atoms with E-state index in [0.717, 1.165) is 0 Å². The molecule has 0 radical (unpaired) electrons. The number of nitrogens with one attached hydrogen (secondary N) is 1. The van der Waals surface area contributed by atoms with Crippen LogP contribution < -0.4 is 11.1 Å². The van der Waals surface area contributed by atoms with Crippen LogP contribution in [-0.4, -0.2) is 36.5 Å². The summed E-state index contributed by atoms with van der Waals surface area (Å²) >= 11 is 1.40. The first-order valence-corrected chi connectivity index (χ1v) is 7.44. The van der Waals surface area contributed by atoms with E-state index in [1.807, 2.05) is 6.07 Å². The molecule has 0 heterocycles. The first-order chi connectivity index (χ1) is 10.1. The second kappa shape index (κ2) is 9.00. The van der Waals surface area contributed by atoms with E-state index < -0.39 is 12.0 Å². The van der Waals surface area contributed by atoms with Crippen molar-refractivity contribution in [2.45, 2.75) is 12.5 Å². The lowest BCUT2D eigenvalue weighted by molar-refractivity contribution is -0.141. The van der Waals surface area contributed by atoms with Crippen LogP contribution in [-0.2, 0) is 14.3 Å². The molecule has 0 fully saturated rings. The maximum atomic E-state index is 11.8. The average molecular weight is 307 g/mol. The molecule has 0 aliphatic carbocycles. The van der Waals surface area contributed by atoms with Gasteiger partial charge in [-0.05, 0) is 12.1 Å². The molecule has 0 aliphatic rings. The van der Waals surface area contributed by atoms with Crippen LogP contribution in [0.3, 0.4) is 0 Å². The quantitative estimate of drug-likeness (QED) is 0.577. The number of carbonyl (C=O) groups excluding carboxylic acids is 2. The first-order valence-electron chi connectivity index (χ1n) is 6.28. The number of esters is 1. The molecule has 1 aromatic carbocycles. The van der Waals surface area contributed by atoms with Crippen LogP contribution in [0.4, 0.5) is 5.69 Å². The largest absolute Gasteiger partial charge is 0.468 e. The van der Waals surface area contributed by atoms with Crippen LogP contribution in [0.2, 0.25) is 0 Å². The molecule has 0 aliphatic heterocycles. The number of rotatable bonds is 7. The molecule has 1 aromatic rings. The van der Waals surface area contributed by atoms with Gasteiger partial charge in [0, 0.05) is 17.9 Å². The molecule has 0 saturated heterocycles. The van der Waals surface area contributed by atoms with E-state index in [2.05, 4.69) is 10.1 Å². The number of para-hydroxylation sites is 1. The van der Waals surface area contributed by atoms with Gasteiger partial charge in [0.1, 0.15) is 12.1 Å². The van der Waals surface area contributed by atoms with E-state index in [1.165, 1.54) is 18.9 Å². The van der Waals surface area contributed by atoms with E-state index >= 15 is 0 Å². The monoisotopic (exact) mass is 307 g/mol. The number of hydrogen-bond donors (Lipinski definition) is 2. The minimum absolute atomic E-state index is 0.183. The molecule has 0 aromatic heterocycles. The number of thioether (sulfide) groups is 1. The van der Waals surface area contributed by atoms with Gasteiger partial charge < -0.3 is 15.8 Å². The fourth-order valence-electron chi connectivity index (χ4n) is 1.50. The van der Waals surface area contributed by atoms with Crippen LogP contribution in [0.1, 0.15) is 12.0 Å². The Bertz CT molecular complexity index is 543. The molecule has 1 amide bonds. The Labute approximate surface area is 127 Å². The molecule has 0 spiro atoms. The van der Waals surface area contributed by atoms with Gasteiger partial charge in [-0.1, -0.05) is 12.1 Å². The molecule has 1 rings (SSSR count).